The minimum Gasteiger partial charge on any atom is -0.481 e. The summed E-state index contributed by atoms with van der Waals surface area (Å²) in [6, 6.07) is 11.2. The maximum Gasteiger partial charge on any atom is 0.303 e. The predicted molar refractivity (Wildman–Crippen MR) is 123 cm³/mol. The fourth-order valence-electron chi connectivity index (χ4n) is 4.18. The summed E-state index contributed by atoms with van der Waals surface area (Å²) in [7, 11) is 2.06. The largest absolute Gasteiger partial charge is 0.481 e. The van der Waals surface area contributed by atoms with Crippen molar-refractivity contribution >= 4 is 17.5 Å². The monoisotopic (exact) mass is 466 g/mol. The highest BCUT2D eigenvalue weighted by Gasteiger charge is 2.22. The van der Waals surface area contributed by atoms with Gasteiger partial charge in [0, 0.05) is 50.7 Å². The third-order valence-corrected chi connectivity index (χ3v) is 5.96. The molecule has 2 aromatic heterocycles. The van der Waals surface area contributed by atoms with Crippen LogP contribution in [0.15, 0.2) is 40.9 Å². The Balaban J connectivity index is 1.19. The van der Waals surface area contributed by atoms with E-state index in [1.54, 1.807) is 12.1 Å². The first-order chi connectivity index (χ1) is 16.5. The highest BCUT2D eigenvalue weighted by atomic mass is 16.7. The number of anilines is 2. The minimum absolute atomic E-state index is 0.0518. The number of likely N-dealkylation sites (N-methyl/N-ethyl adjacent to an activating group) is 1. The number of aliphatic carboxylic acids is 1. The van der Waals surface area contributed by atoms with Crippen LogP contribution in [-0.2, 0) is 17.6 Å². The van der Waals surface area contributed by atoms with E-state index in [4.69, 9.17) is 18.7 Å². The van der Waals surface area contributed by atoms with Gasteiger partial charge >= 0.3 is 5.97 Å². The zero-order valence-corrected chi connectivity index (χ0v) is 18.8. The van der Waals surface area contributed by atoms with Crippen LogP contribution in [0.4, 0.5) is 11.5 Å². The molecule has 1 aromatic carbocycles. The number of carbonyl (C=O) groups is 1. The lowest BCUT2D eigenvalue weighted by atomic mass is 9.91. The number of aromatic nitrogens is 2. The van der Waals surface area contributed by atoms with Gasteiger partial charge in [-0.2, -0.15) is 0 Å². The Morgan fingerprint density at radius 2 is 2.12 bits per heavy atom. The molecule has 0 radical (unpaired) electrons. The topological polar surface area (TPSA) is 119 Å². The van der Waals surface area contributed by atoms with Gasteiger partial charge in [-0.15, -0.1) is 0 Å². The molecule has 0 fully saturated rings. The summed E-state index contributed by atoms with van der Waals surface area (Å²) in [4.78, 5) is 18.3. The first-order valence-corrected chi connectivity index (χ1v) is 11.2. The fraction of sp³-hybridized carbons (Fsp3) is 0.375. The van der Waals surface area contributed by atoms with Crippen molar-refractivity contribution in [3.63, 3.8) is 0 Å². The molecule has 2 N–H and O–H groups in total. The molecule has 10 heteroatoms. The number of pyridine rings is 1. The van der Waals surface area contributed by atoms with Gasteiger partial charge in [-0.05, 0) is 35.0 Å². The average molecular weight is 466 g/mol. The summed E-state index contributed by atoms with van der Waals surface area (Å²) in [5.41, 5.74) is 2.85. The molecular formula is C24H26N4O6. The number of nitrogens with zero attached hydrogens (tertiary/aromatic N) is 3. The smallest absolute Gasteiger partial charge is 0.303 e. The van der Waals surface area contributed by atoms with E-state index >= 15 is 0 Å². The van der Waals surface area contributed by atoms with Gasteiger partial charge in [0.25, 0.3) is 5.88 Å². The van der Waals surface area contributed by atoms with Gasteiger partial charge in [-0.1, -0.05) is 6.07 Å². The highest BCUT2D eigenvalue weighted by molar-refractivity contribution is 5.68. The molecule has 1 unspecified atom stereocenters. The second-order valence-corrected chi connectivity index (χ2v) is 8.36. The standard InChI is InChI=1S/C24H26N4O6/c1-28-8-7-25-24-19(28)4-3-17(26-24)6-9-31-22-13-18(34-27-22)10-16(12-23(29)30)15-2-5-20-21(11-15)33-14-32-20/h2-5,11,13,16H,6-10,12,14H2,1H3,(H,25,26)(H,29,30). The number of hydrogen-bond donors (Lipinski definition) is 2. The van der Waals surface area contributed by atoms with Crippen molar-refractivity contribution in [2.24, 2.45) is 0 Å². The van der Waals surface area contributed by atoms with E-state index in [1.807, 2.05) is 18.2 Å². The molecule has 1 atom stereocenters. The zero-order valence-electron chi connectivity index (χ0n) is 18.8. The van der Waals surface area contributed by atoms with E-state index in [9.17, 15) is 9.90 Å². The summed E-state index contributed by atoms with van der Waals surface area (Å²) in [5, 5.41) is 16.7. The molecular weight excluding hydrogens is 440 g/mol. The average Bonchev–Trinajstić information content (AvgIpc) is 3.47. The molecule has 178 valence electrons. The third kappa shape index (κ3) is 4.85. The van der Waals surface area contributed by atoms with E-state index < -0.39 is 5.97 Å². The molecule has 4 heterocycles. The lowest BCUT2D eigenvalue weighted by Gasteiger charge is -2.27. The van der Waals surface area contributed by atoms with Crippen molar-refractivity contribution in [2.75, 3.05) is 43.8 Å². The molecule has 0 spiro atoms. The first kappa shape index (κ1) is 21.9. The minimum atomic E-state index is -0.892. The SMILES string of the molecule is CN1CCNc2nc(CCOc3cc(CC(CC(=O)O)c4ccc5c(c4)OCO5)on3)ccc21. The van der Waals surface area contributed by atoms with Crippen molar-refractivity contribution in [2.45, 2.75) is 25.2 Å². The van der Waals surface area contributed by atoms with Crippen LogP contribution in [0.2, 0.25) is 0 Å². The van der Waals surface area contributed by atoms with E-state index in [0.29, 0.717) is 42.6 Å². The van der Waals surface area contributed by atoms with Crippen LogP contribution >= 0.6 is 0 Å². The molecule has 0 saturated carbocycles. The number of benzene rings is 1. The summed E-state index contributed by atoms with van der Waals surface area (Å²) in [5.74, 6) is 1.89. The van der Waals surface area contributed by atoms with Crippen LogP contribution in [0.3, 0.4) is 0 Å². The number of nitrogens with one attached hydrogen (secondary N) is 1. The lowest BCUT2D eigenvalue weighted by Crippen LogP contribution is -2.31. The molecule has 0 amide bonds. The van der Waals surface area contributed by atoms with Crippen LogP contribution < -0.4 is 24.4 Å². The van der Waals surface area contributed by atoms with E-state index in [-0.39, 0.29) is 19.1 Å². The van der Waals surface area contributed by atoms with E-state index in [0.717, 1.165) is 35.9 Å². The predicted octanol–water partition coefficient (Wildman–Crippen LogP) is 3.08. The molecule has 0 bridgehead atoms. The van der Waals surface area contributed by atoms with Gasteiger partial charge in [0.15, 0.2) is 11.5 Å². The zero-order chi connectivity index (χ0) is 23.5. The Morgan fingerprint density at radius 3 is 3.00 bits per heavy atom. The van der Waals surface area contributed by atoms with Crippen LogP contribution in [0.1, 0.15) is 29.4 Å². The van der Waals surface area contributed by atoms with E-state index in [1.165, 1.54) is 0 Å². The Kier molecular flexibility index (Phi) is 6.11. The maximum atomic E-state index is 11.5. The maximum absolute atomic E-state index is 11.5. The molecule has 0 saturated heterocycles. The molecule has 2 aliphatic rings. The van der Waals surface area contributed by atoms with Crippen LogP contribution in [0.25, 0.3) is 0 Å². The van der Waals surface area contributed by atoms with Gasteiger partial charge in [-0.3, -0.25) is 4.79 Å². The number of ether oxygens (including phenoxy) is 3. The molecule has 5 rings (SSSR count). The van der Waals surface area contributed by atoms with Crippen LogP contribution in [-0.4, -0.2) is 54.8 Å². The van der Waals surface area contributed by atoms with Gasteiger partial charge in [0.1, 0.15) is 11.6 Å². The number of rotatable bonds is 9. The van der Waals surface area contributed by atoms with Crippen LogP contribution in [0, 0.1) is 0 Å². The number of carboxylic acids is 1. The first-order valence-electron chi connectivity index (χ1n) is 11.2. The Bertz CT molecular complexity index is 1180. The number of fused-ring (bicyclic) bond motifs is 2. The van der Waals surface area contributed by atoms with Crippen molar-refractivity contribution < 1.29 is 28.6 Å². The quantitative estimate of drug-likeness (QED) is 0.487. The summed E-state index contributed by atoms with van der Waals surface area (Å²) >= 11 is 0. The lowest BCUT2D eigenvalue weighted by molar-refractivity contribution is -0.137. The summed E-state index contributed by atoms with van der Waals surface area (Å²) in [6.07, 6.45) is 0.942. The normalized spacial score (nSPS) is 14.9. The second-order valence-electron chi connectivity index (χ2n) is 8.36. The Morgan fingerprint density at radius 1 is 1.24 bits per heavy atom. The van der Waals surface area contributed by atoms with Crippen LogP contribution in [0.5, 0.6) is 17.4 Å². The highest BCUT2D eigenvalue weighted by Crippen LogP contribution is 2.36. The van der Waals surface area contributed by atoms with Gasteiger partial charge < -0.3 is 34.1 Å². The molecule has 3 aromatic rings. The summed E-state index contributed by atoms with van der Waals surface area (Å²) < 4.78 is 22.0. The molecule has 34 heavy (non-hydrogen) atoms. The second kappa shape index (κ2) is 9.50. The number of carboxylic acid groups (broad SMARTS) is 1. The van der Waals surface area contributed by atoms with Crippen molar-refractivity contribution in [1.82, 2.24) is 10.1 Å². The van der Waals surface area contributed by atoms with Crippen molar-refractivity contribution in [3.8, 4) is 17.4 Å². The molecule has 0 aliphatic carbocycles. The summed E-state index contributed by atoms with van der Waals surface area (Å²) in [6.45, 7) is 2.38. The van der Waals surface area contributed by atoms with Gasteiger partial charge in [0.05, 0.1) is 18.7 Å². The Labute approximate surface area is 196 Å². The van der Waals surface area contributed by atoms with E-state index in [2.05, 4.69) is 33.5 Å². The third-order valence-electron chi connectivity index (χ3n) is 5.96. The Hall–Kier alpha value is -3.95. The molecule has 2 aliphatic heterocycles. The van der Waals surface area contributed by atoms with Crippen molar-refractivity contribution in [3.05, 3.63) is 53.4 Å². The molecule has 10 nitrogen and oxygen atoms in total. The number of hydrogen-bond acceptors (Lipinski definition) is 9. The van der Waals surface area contributed by atoms with Crippen molar-refractivity contribution in [1.29, 1.82) is 0 Å². The van der Waals surface area contributed by atoms with Gasteiger partial charge in [-0.25, -0.2) is 4.98 Å². The van der Waals surface area contributed by atoms with Gasteiger partial charge in [0.2, 0.25) is 6.79 Å². The fourth-order valence-corrected chi connectivity index (χ4v) is 4.18.